The third-order valence-electron chi connectivity index (χ3n) is 3.83. The molecule has 1 aliphatic rings. The Balaban J connectivity index is 1.79. The van der Waals surface area contributed by atoms with Crippen LogP contribution in [0.1, 0.15) is 33.9 Å². The molecule has 0 aliphatic carbocycles. The highest BCUT2D eigenvalue weighted by molar-refractivity contribution is 6.04. The van der Waals surface area contributed by atoms with E-state index >= 15 is 0 Å². The molecule has 0 fully saturated rings. The predicted molar refractivity (Wildman–Crippen MR) is 85.8 cm³/mol. The number of hydrogen-bond acceptors (Lipinski definition) is 3. The molecule has 1 N–H and O–H groups in total. The van der Waals surface area contributed by atoms with E-state index in [0.717, 1.165) is 5.56 Å². The molecule has 0 radical (unpaired) electrons. The van der Waals surface area contributed by atoms with Crippen molar-refractivity contribution >= 4 is 11.9 Å². The van der Waals surface area contributed by atoms with Gasteiger partial charge in [0.2, 0.25) is 0 Å². The molecule has 2 aromatic rings. The van der Waals surface area contributed by atoms with Crippen LogP contribution in [0.15, 0.2) is 53.5 Å². The van der Waals surface area contributed by atoms with Crippen LogP contribution < -0.4 is 5.32 Å². The second-order valence-electron chi connectivity index (χ2n) is 5.36. The Hall–Kier alpha value is -2.69. The number of amides is 1. The summed E-state index contributed by atoms with van der Waals surface area (Å²) in [4.78, 5) is 16.6. The molecule has 2 aromatic carbocycles. The van der Waals surface area contributed by atoms with Gasteiger partial charge in [-0.25, -0.2) is 9.38 Å². The molecule has 0 bridgehead atoms. The molecule has 5 heteroatoms. The molecular formula is C18H17FN2O2. The third-order valence-corrected chi connectivity index (χ3v) is 3.83. The topological polar surface area (TPSA) is 50.7 Å². The third kappa shape index (κ3) is 3.39. The maximum atomic E-state index is 13.7. The fraction of sp³-hybridized carbons (Fsp3) is 0.222. The molecule has 0 aromatic heterocycles. The fourth-order valence-electron chi connectivity index (χ4n) is 2.55. The van der Waals surface area contributed by atoms with Gasteiger partial charge in [0.05, 0.1) is 12.6 Å². The largest absolute Gasteiger partial charge is 0.465 e. The zero-order valence-corrected chi connectivity index (χ0v) is 12.8. The normalized spacial score (nSPS) is 17.1. The summed E-state index contributed by atoms with van der Waals surface area (Å²) in [5.41, 5.74) is 1.93. The summed E-state index contributed by atoms with van der Waals surface area (Å²) in [6.07, 6.45) is 0.648. The lowest BCUT2D eigenvalue weighted by Crippen LogP contribution is -2.35. The van der Waals surface area contributed by atoms with Crippen molar-refractivity contribution in [2.45, 2.75) is 19.4 Å². The van der Waals surface area contributed by atoms with Crippen LogP contribution in [0.5, 0.6) is 0 Å². The Labute approximate surface area is 134 Å². The summed E-state index contributed by atoms with van der Waals surface area (Å²) in [6, 6.07) is 13.8. The number of rotatable bonds is 2. The van der Waals surface area contributed by atoms with Crippen LogP contribution in [-0.2, 0) is 4.74 Å². The highest BCUT2D eigenvalue weighted by Gasteiger charge is 2.22. The van der Waals surface area contributed by atoms with E-state index in [9.17, 15) is 9.18 Å². The van der Waals surface area contributed by atoms with Crippen LogP contribution in [0, 0.1) is 12.7 Å². The molecule has 3 rings (SSSR count). The van der Waals surface area contributed by atoms with Gasteiger partial charge in [0.25, 0.3) is 11.9 Å². The number of carbonyl (C=O) groups excluding carboxylic acids is 1. The predicted octanol–water partition coefficient (Wildman–Crippen LogP) is 3.38. The van der Waals surface area contributed by atoms with Crippen molar-refractivity contribution in [2.24, 2.45) is 4.99 Å². The van der Waals surface area contributed by atoms with Crippen molar-refractivity contribution in [1.29, 1.82) is 0 Å². The summed E-state index contributed by atoms with van der Waals surface area (Å²) < 4.78 is 19.1. The maximum Gasteiger partial charge on any atom is 0.292 e. The van der Waals surface area contributed by atoms with Crippen molar-refractivity contribution < 1.29 is 13.9 Å². The van der Waals surface area contributed by atoms with Crippen LogP contribution in [-0.4, -0.2) is 18.5 Å². The second kappa shape index (κ2) is 6.60. The minimum Gasteiger partial charge on any atom is -0.465 e. The van der Waals surface area contributed by atoms with E-state index in [0.29, 0.717) is 24.2 Å². The molecule has 1 amide bonds. The quantitative estimate of drug-likeness (QED) is 0.924. The van der Waals surface area contributed by atoms with Crippen molar-refractivity contribution in [1.82, 2.24) is 5.32 Å². The smallest absolute Gasteiger partial charge is 0.292 e. The van der Waals surface area contributed by atoms with Crippen molar-refractivity contribution in [3.63, 3.8) is 0 Å². The number of benzene rings is 2. The molecule has 0 saturated heterocycles. The number of amidine groups is 1. The van der Waals surface area contributed by atoms with Crippen molar-refractivity contribution in [3.05, 3.63) is 71.0 Å². The number of ether oxygens (including phenoxy) is 1. The number of hydrogen-bond donors (Lipinski definition) is 1. The highest BCUT2D eigenvalue weighted by atomic mass is 19.1. The minimum atomic E-state index is -0.277. The number of carbonyl (C=O) groups is 1. The van der Waals surface area contributed by atoms with Crippen LogP contribution in [0.3, 0.4) is 0 Å². The lowest BCUT2D eigenvalue weighted by molar-refractivity contribution is 0.0962. The van der Waals surface area contributed by atoms with Gasteiger partial charge < -0.3 is 4.74 Å². The molecule has 0 spiro atoms. The Kier molecular flexibility index (Phi) is 4.37. The average molecular weight is 312 g/mol. The number of nitrogens with one attached hydrogen (secondary N) is 1. The van der Waals surface area contributed by atoms with Crippen LogP contribution >= 0.6 is 0 Å². The monoisotopic (exact) mass is 312 g/mol. The first-order valence-electron chi connectivity index (χ1n) is 7.47. The molecular weight excluding hydrogens is 295 g/mol. The first kappa shape index (κ1) is 15.2. The van der Waals surface area contributed by atoms with Crippen molar-refractivity contribution in [3.8, 4) is 0 Å². The lowest BCUT2D eigenvalue weighted by atomic mass is 9.99. The second-order valence-corrected chi connectivity index (χ2v) is 5.36. The lowest BCUT2D eigenvalue weighted by Gasteiger charge is -2.23. The Morgan fingerprint density at radius 1 is 1.22 bits per heavy atom. The molecule has 23 heavy (non-hydrogen) atoms. The summed E-state index contributed by atoms with van der Waals surface area (Å²) in [6.45, 7) is 2.16. The van der Waals surface area contributed by atoms with Gasteiger partial charge in [-0.3, -0.25) is 10.1 Å². The van der Waals surface area contributed by atoms with E-state index in [1.165, 1.54) is 6.07 Å². The molecule has 1 heterocycles. The van der Waals surface area contributed by atoms with Gasteiger partial charge in [0, 0.05) is 12.0 Å². The van der Waals surface area contributed by atoms with Gasteiger partial charge in [-0.05, 0) is 36.2 Å². The first-order chi connectivity index (χ1) is 11.1. The molecule has 4 nitrogen and oxygen atoms in total. The van der Waals surface area contributed by atoms with Gasteiger partial charge in [-0.15, -0.1) is 0 Å². The Morgan fingerprint density at radius 3 is 2.78 bits per heavy atom. The van der Waals surface area contributed by atoms with Crippen LogP contribution in [0.25, 0.3) is 0 Å². The van der Waals surface area contributed by atoms with Gasteiger partial charge in [-0.1, -0.05) is 30.3 Å². The average Bonchev–Trinajstić information content (AvgIpc) is 2.58. The number of nitrogens with zero attached hydrogens (tertiary/aromatic N) is 1. The fourth-order valence-corrected chi connectivity index (χ4v) is 2.55. The van der Waals surface area contributed by atoms with Crippen molar-refractivity contribution in [2.75, 3.05) is 6.61 Å². The maximum absolute atomic E-state index is 13.7. The van der Waals surface area contributed by atoms with Crippen LogP contribution in [0.2, 0.25) is 0 Å². The Bertz CT molecular complexity index is 744. The zero-order valence-electron chi connectivity index (χ0n) is 12.8. The van der Waals surface area contributed by atoms with Gasteiger partial charge in [0.1, 0.15) is 5.82 Å². The molecule has 118 valence electrons. The summed E-state index contributed by atoms with van der Waals surface area (Å²) in [5.74, 6) is -0.528. The van der Waals surface area contributed by atoms with E-state index < -0.39 is 0 Å². The first-order valence-corrected chi connectivity index (χ1v) is 7.47. The van der Waals surface area contributed by atoms with E-state index in [1.54, 1.807) is 37.3 Å². The van der Waals surface area contributed by atoms with Gasteiger partial charge in [0.15, 0.2) is 0 Å². The minimum absolute atomic E-state index is 0.179. The van der Waals surface area contributed by atoms with Crippen LogP contribution in [0.4, 0.5) is 4.39 Å². The van der Waals surface area contributed by atoms with E-state index in [-0.39, 0.29) is 23.8 Å². The zero-order chi connectivity index (χ0) is 16.2. The highest BCUT2D eigenvalue weighted by Crippen LogP contribution is 2.28. The van der Waals surface area contributed by atoms with E-state index in [2.05, 4.69) is 10.3 Å². The Morgan fingerprint density at radius 2 is 2.00 bits per heavy atom. The summed E-state index contributed by atoms with van der Waals surface area (Å²) >= 11 is 0. The number of aliphatic imine (C=N–C) groups is 1. The molecule has 1 aliphatic heterocycles. The van der Waals surface area contributed by atoms with E-state index in [4.69, 9.17) is 4.74 Å². The van der Waals surface area contributed by atoms with Gasteiger partial charge in [-0.2, -0.15) is 0 Å². The van der Waals surface area contributed by atoms with E-state index in [1.807, 2.05) is 12.1 Å². The SMILES string of the molecule is Cc1c(F)cccc1C1CCOC(NC(=O)c2ccccc2)=N1. The molecule has 0 saturated carbocycles. The summed E-state index contributed by atoms with van der Waals surface area (Å²) in [5, 5.41) is 2.66. The summed E-state index contributed by atoms with van der Waals surface area (Å²) in [7, 11) is 0. The molecule has 1 unspecified atom stereocenters. The molecule has 1 atom stereocenters. The standard InChI is InChI=1S/C18H17FN2O2/c1-12-14(8-5-9-15(12)19)16-10-11-23-18(20-16)21-17(22)13-6-3-2-4-7-13/h2-9,16H,10-11H2,1H3,(H,20,21,22). The number of halogens is 1. The van der Waals surface area contributed by atoms with Gasteiger partial charge >= 0.3 is 0 Å².